The van der Waals surface area contributed by atoms with Crippen molar-refractivity contribution in [3.05, 3.63) is 95.6 Å². The molecule has 0 unspecified atom stereocenters. The predicted molar refractivity (Wildman–Crippen MR) is 161 cm³/mol. The molecule has 2 amide bonds. The normalized spacial score (nSPS) is 12.2. The van der Waals surface area contributed by atoms with Crippen molar-refractivity contribution >= 4 is 27.5 Å². The molecular weight excluding hydrogens is 522 g/mol. The van der Waals surface area contributed by atoms with Crippen LogP contribution >= 0.6 is 0 Å². The number of anilines is 1. The number of aryl methyl sites for hydroxylation is 1. The molecule has 3 rings (SSSR count). The van der Waals surface area contributed by atoms with Gasteiger partial charge in [-0.15, -0.1) is 0 Å². The van der Waals surface area contributed by atoms with Gasteiger partial charge in [0, 0.05) is 13.1 Å². The van der Waals surface area contributed by atoms with Crippen molar-refractivity contribution in [1.29, 1.82) is 0 Å². The molecule has 214 valence electrons. The number of nitrogens with zero attached hydrogens (tertiary/aromatic N) is 2. The van der Waals surface area contributed by atoms with Gasteiger partial charge in [0.2, 0.25) is 11.8 Å². The van der Waals surface area contributed by atoms with Crippen molar-refractivity contribution in [3.63, 3.8) is 0 Å². The third kappa shape index (κ3) is 7.94. The van der Waals surface area contributed by atoms with Crippen LogP contribution in [0.2, 0.25) is 0 Å². The number of carbonyl (C=O) groups excluding carboxylic acids is 2. The minimum atomic E-state index is -4.07. The Morgan fingerprint density at radius 2 is 1.50 bits per heavy atom. The summed E-state index contributed by atoms with van der Waals surface area (Å²) in [5.41, 5.74) is 3.38. The van der Waals surface area contributed by atoms with Gasteiger partial charge in [-0.1, -0.05) is 87.4 Å². The number of benzene rings is 3. The molecule has 0 aliphatic rings. The molecule has 0 radical (unpaired) electrons. The zero-order valence-corrected chi connectivity index (χ0v) is 24.9. The molecule has 0 aliphatic heterocycles. The third-order valence-electron chi connectivity index (χ3n) is 6.93. The van der Waals surface area contributed by atoms with Crippen molar-refractivity contribution in [1.82, 2.24) is 10.2 Å². The predicted octanol–water partition coefficient (Wildman–Crippen LogP) is 5.65. The molecule has 0 bridgehead atoms. The summed E-state index contributed by atoms with van der Waals surface area (Å²) in [4.78, 5) is 28.6. The maximum Gasteiger partial charge on any atom is 0.264 e. The van der Waals surface area contributed by atoms with Crippen LogP contribution in [0.1, 0.15) is 63.1 Å². The first kappa shape index (κ1) is 30.9. The number of hydrogen-bond donors (Lipinski definition) is 1. The standard InChI is InChI=1S/C32H41N3O4S/c1-6-7-21-33-32(37)26(5)34(22-27-15-13-25(4)14-16-27)31(36)23-35(29-19-17-28(18-20-29)24(2)3)40(38,39)30-11-9-8-10-12-30/h8-20,24,26H,6-7,21-23H2,1-5H3,(H,33,37)/t26-/m1/s1. The quantitative estimate of drug-likeness (QED) is 0.273. The summed E-state index contributed by atoms with van der Waals surface area (Å²) in [6.07, 6.45) is 1.77. The highest BCUT2D eigenvalue weighted by Crippen LogP contribution is 2.26. The highest BCUT2D eigenvalue weighted by atomic mass is 32.2. The number of amides is 2. The molecule has 8 heteroatoms. The molecule has 1 N–H and O–H groups in total. The van der Waals surface area contributed by atoms with E-state index in [4.69, 9.17) is 0 Å². The van der Waals surface area contributed by atoms with E-state index in [2.05, 4.69) is 19.2 Å². The van der Waals surface area contributed by atoms with E-state index in [-0.39, 0.29) is 23.3 Å². The molecule has 0 saturated carbocycles. The van der Waals surface area contributed by atoms with Crippen LogP contribution in [0.25, 0.3) is 0 Å². The Morgan fingerprint density at radius 3 is 2.08 bits per heavy atom. The highest BCUT2D eigenvalue weighted by molar-refractivity contribution is 7.92. The second-order valence-electron chi connectivity index (χ2n) is 10.4. The lowest BCUT2D eigenvalue weighted by molar-refractivity contribution is -0.139. The molecule has 7 nitrogen and oxygen atoms in total. The van der Waals surface area contributed by atoms with Gasteiger partial charge in [0.15, 0.2) is 0 Å². The average Bonchev–Trinajstić information content (AvgIpc) is 2.95. The monoisotopic (exact) mass is 563 g/mol. The van der Waals surface area contributed by atoms with Gasteiger partial charge in [-0.3, -0.25) is 13.9 Å². The van der Waals surface area contributed by atoms with Crippen LogP contribution in [0.3, 0.4) is 0 Å². The topological polar surface area (TPSA) is 86.8 Å². The number of nitrogens with one attached hydrogen (secondary N) is 1. The van der Waals surface area contributed by atoms with Gasteiger partial charge in [0.1, 0.15) is 12.6 Å². The molecule has 0 fully saturated rings. The molecular formula is C32H41N3O4S. The van der Waals surface area contributed by atoms with Crippen LogP contribution in [0.5, 0.6) is 0 Å². The van der Waals surface area contributed by atoms with Crippen LogP contribution < -0.4 is 9.62 Å². The van der Waals surface area contributed by atoms with Gasteiger partial charge < -0.3 is 10.2 Å². The van der Waals surface area contributed by atoms with E-state index >= 15 is 0 Å². The Labute approximate surface area is 239 Å². The maximum atomic E-state index is 14.0. The molecule has 0 aliphatic carbocycles. The van der Waals surface area contributed by atoms with E-state index in [0.29, 0.717) is 12.2 Å². The van der Waals surface area contributed by atoms with Crippen LogP contribution in [0.15, 0.2) is 83.8 Å². The maximum absolute atomic E-state index is 14.0. The summed E-state index contributed by atoms with van der Waals surface area (Å²) in [5.74, 6) is -0.467. The fraction of sp³-hybridized carbons (Fsp3) is 0.375. The summed E-state index contributed by atoms with van der Waals surface area (Å²) < 4.78 is 28.9. The number of sulfonamides is 1. The molecule has 0 heterocycles. The van der Waals surface area contributed by atoms with Gasteiger partial charge in [-0.25, -0.2) is 8.42 Å². The summed E-state index contributed by atoms with van der Waals surface area (Å²) in [6, 6.07) is 22.2. The van der Waals surface area contributed by atoms with Gasteiger partial charge in [0.05, 0.1) is 10.6 Å². The number of hydrogen-bond acceptors (Lipinski definition) is 4. The summed E-state index contributed by atoms with van der Waals surface area (Å²) in [5, 5.41) is 2.91. The van der Waals surface area contributed by atoms with Crippen LogP contribution in [0, 0.1) is 6.92 Å². The van der Waals surface area contributed by atoms with Gasteiger partial charge >= 0.3 is 0 Å². The lowest BCUT2D eigenvalue weighted by Crippen LogP contribution is -2.51. The Morgan fingerprint density at radius 1 is 0.875 bits per heavy atom. The number of rotatable bonds is 13. The van der Waals surface area contributed by atoms with E-state index in [1.807, 2.05) is 50.2 Å². The van der Waals surface area contributed by atoms with Crippen LogP contribution in [-0.4, -0.2) is 44.3 Å². The molecule has 3 aromatic rings. The van der Waals surface area contributed by atoms with Crippen LogP contribution in [0.4, 0.5) is 5.69 Å². The van der Waals surface area contributed by atoms with Crippen molar-refractivity contribution in [2.24, 2.45) is 0 Å². The second-order valence-corrected chi connectivity index (χ2v) is 12.3. The summed E-state index contributed by atoms with van der Waals surface area (Å²) >= 11 is 0. The zero-order valence-electron chi connectivity index (χ0n) is 24.1. The molecule has 0 aromatic heterocycles. The van der Waals surface area contributed by atoms with Gasteiger partial charge in [-0.2, -0.15) is 0 Å². The summed E-state index contributed by atoms with van der Waals surface area (Å²) in [7, 11) is -4.07. The Kier molecular flexibility index (Phi) is 10.9. The third-order valence-corrected chi connectivity index (χ3v) is 8.72. The summed E-state index contributed by atoms with van der Waals surface area (Å²) in [6.45, 7) is 10.1. The fourth-order valence-electron chi connectivity index (χ4n) is 4.28. The Hall–Kier alpha value is -3.65. The Bertz CT molecular complexity index is 1360. The lowest BCUT2D eigenvalue weighted by Gasteiger charge is -2.32. The van der Waals surface area contributed by atoms with E-state index < -0.39 is 28.5 Å². The highest BCUT2D eigenvalue weighted by Gasteiger charge is 2.32. The Balaban J connectivity index is 1.99. The lowest BCUT2D eigenvalue weighted by atomic mass is 10.0. The van der Waals surface area contributed by atoms with E-state index in [9.17, 15) is 18.0 Å². The van der Waals surface area contributed by atoms with Crippen molar-refractivity contribution in [2.45, 2.75) is 70.9 Å². The van der Waals surface area contributed by atoms with E-state index in [1.165, 1.54) is 17.0 Å². The number of unbranched alkanes of at least 4 members (excludes halogenated alkanes) is 1. The van der Waals surface area contributed by atoms with E-state index in [1.54, 1.807) is 37.3 Å². The first-order valence-electron chi connectivity index (χ1n) is 13.8. The SMILES string of the molecule is CCCCNC(=O)[C@@H](C)N(Cc1ccc(C)cc1)C(=O)CN(c1ccc(C(C)C)cc1)S(=O)(=O)c1ccccc1. The average molecular weight is 564 g/mol. The molecule has 0 saturated heterocycles. The smallest absolute Gasteiger partial charge is 0.264 e. The first-order valence-corrected chi connectivity index (χ1v) is 15.3. The molecule has 0 spiro atoms. The molecule has 1 atom stereocenters. The minimum absolute atomic E-state index is 0.0891. The van der Waals surface area contributed by atoms with Crippen molar-refractivity contribution in [2.75, 3.05) is 17.4 Å². The number of carbonyl (C=O) groups is 2. The van der Waals surface area contributed by atoms with Gasteiger partial charge in [-0.05, 0) is 61.6 Å². The molecule has 3 aromatic carbocycles. The van der Waals surface area contributed by atoms with Gasteiger partial charge in [0.25, 0.3) is 10.0 Å². The van der Waals surface area contributed by atoms with Crippen molar-refractivity contribution < 1.29 is 18.0 Å². The minimum Gasteiger partial charge on any atom is -0.354 e. The largest absolute Gasteiger partial charge is 0.354 e. The second kappa shape index (κ2) is 14.1. The van der Waals surface area contributed by atoms with Crippen molar-refractivity contribution in [3.8, 4) is 0 Å². The van der Waals surface area contributed by atoms with Crippen LogP contribution in [-0.2, 0) is 26.2 Å². The van der Waals surface area contributed by atoms with E-state index in [0.717, 1.165) is 33.8 Å². The molecule has 40 heavy (non-hydrogen) atoms. The zero-order chi connectivity index (χ0) is 29.3. The first-order chi connectivity index (χ1) is 19.0. The fourth-order valence-corrected chi connectivity index (χ4v) is 5.72.